The number of aliphatic hydroxyl groups is 1. The Hall–Kier alpha value is -3.35. The molecule has 2 aromatic heterocycles. The summed E-state index contributed by atoms with van der Waals surface area (Å²) in [6, 6.07) is 3.85. The Balaban J connectivity index is 1.63. The molecule has 1 aromatic carbocycles. The summed E-state index contributed by atoms with van der Waals surface area (Å²) in [5.41, 5.74) is 0.951. The molecule has 3 aromatic rings. The summed E-state index contributed by atoms with van der Waals surface area (Å²) < 4.78 is 42.1. The summed E-state index contributed by atoms with van der Waals surface area (Å²) in [6.07, 6.45) is 3.20. The number of carbonyl (C=O) groups is 1. The third-order valence-corrected chi connectivity index (χ3v) is 8.43. The molecule has 0 saturated carbocycles. The second kappa shape index (κ2) is 14.6. The van der Waals surface area contributed by atoms with Gasteiger partial charge in [-0.2, -0.15) is 9.61 Å². The van der Waals surface area contributed by atoms with E-state index in [2.05, 4.69) is 11.8 Å². The van der Waals surface area contributed by atoms with Crippen molar-refractivity contribution in [2.45, 2.75) is 116 Å². The first-order chi connectivity index (χ1) is 21.6. The van der Waals surface area contributed by atoms with Crippen LogP contribution < -0.4 is 4.90 Å². The van der Waals surface area contributed by atoms with Crippen molar-refractivity contribution in [1.82, 2.24) is 14.6 Å². The zero-order valence-electron chi connectivity index (χ0n) is 27.8. The van der Waals surface area contributed by atoms with Crippen molar-refractivity contribution in [2.24, 2.45) is 0 Å². The van der Waals surface area contributed by atoms with Gasteiger partial charge in [0.25, 0.3) is 0 Å². The van der Waals surface area contributed by atoms with Gasteiger partial charge >= 0.3 is 5.97 Å². The minimum atomic E-state index is -1.29. The van der Waals surface area contributed by atoms with Crippen LogP contribution in [0.1, 0.15) is 102 Å². The summed E-state index contributed by atoms with van der Waals surface area (Å²) in [5.74, 6) is -2.90. The van der Waals surface area contributed by atoms with Crippen LogP contribution in [0.25, 0.3) is 5.65 Å². The van der Waals surface area contributed by atoms with Gasteiger partial charge in [-0.3, -0.25) is 0 Å². The van der Waals surface area contributed by atoms with Gasteiger partial charge in [-0.25, -0.2) is 18.6 Å². The van der Waals surface area contributed by atoms with Gasteiger partial charge < -0.3 is 29.7 Å². The molecule has 1 fully saturated rings. The summed E-state index contributed by atoms with van der Waals surface area (Å²) in [6.45, 7) is 12.9. The van der Waals surface area contributed by atoms with Gasteiger partial charge in [0, 0.05) is 37.0 Å². The van der Waals surface area contributed by atoms with Crippen LogP contribution in [0.15, 0.2) is 18.2 Å². The second-order valence-electron chi connectivity index (χ2n) is 13.6. The number of aromatic hydroxyl groups is 1. The van der Waals surface area contributed by atoms with Crippen molar-refractivity contribution >= 4 is 17.4 Å². The minimum Gasteiger partial charge on any atom is -0.508 e. The van der Waals surface area contributed by atoms with E-state index in [9.17, 15) is 28.9 Å². The van der Waals surface area contributed by atoms with E-state index in [4.69, 9.17) is 19.6 Å². The zero-order chi connectivity index (χ0) is 33.8. The number of aryl methyl sites for hydroxylation is 2. The van der Waals surface area contributed by atoms with Crippen LogP contribution in [-0.2, 0) is 27.1 Å². The Morgan fingerprint density at radius 1 is 1.13 bits per heavy atom. The maximum Gasteiger partial charge on any atom is 0.337 e. The van der Waals surface area contributed by atoms with Crippen LogP contribution in [0.2, 0.25) is 0 Å². The topological polar surface area (TPSA) is 130 Å². The molecule has 0 amide bonds. The zero-order valence-corrected chi connectivity index (χ0v) is 27.8. The van der Waals surface area contributed by atoms with E-state index in [0.717, 1.165) is 31.4 Å². The van der Waals surface area contributed by atoms with Crippen LogP contribution in [0.4, 0.5) is 14.6 Å². The van der Waals surface area contributed by atoms with Crippen molar-refractivity contribution in [1.29, 1.82) is 0 Å². The van der Waals surface area contributed by atoms with Crippen LogP contribution in [0.5, 0.6) is 5.75 Å². The first kappa shape index (κ1) is 35.5. The van der Waals surface area contributed by atoms with Gasteiger partial charge in [0.1, 0.15) is 11.6 Å². The van der Waals surface area contributed by atoms with E-state index in [1.54, 1.807) is 39.1 Å². The number of fused-ring (bicyclic) bond motifs is 1. The maximum absolute atomic E-state index is 14.3. The average Bonchev–Trinajstić information content (AvgIpc) is 3.37. The maximum atomic E-state index is 14.3. The highest BCUT2D eigenvalue weighted by molar-refractivity contribution is 5.78. The lowest BCUT2D eigenvalue weighted by Gasteiger charge is -2.41. The van der Waals surface area contributed by atoms with Crippen LogP contribution in [-0.4, -0.2) is 72.9 Å². The van der Waals surface area contributed by atoms with Crippen molar-refractivity contribution in [3.05, 3.63) is 52.3 Å². The van der Waals surface area contributed by atoms with Crippen LogP contribution in [0, 0.1) is 18.6 Å². The van der Waals surface area contributed by atoms with Crippen molar-refractivity contribution in [3.8, 4) is 5.75 Å². The highest BCUT2D eigenvalue weighted by atomic mass is 19.2. The number of carboxylic acid groups (broad SMARTS) is 1. The number of nitrogens with zero attached hydrogens (tertiary/aromatic N) is 4. The lowest BCUT2D eigenvalue weighted by molar-refractivity contribution is -0.160. The number of hydrogen-bond donors (Lipinski definition) is 3. The first-order valence-corrected chi connectivity index (χ1v) is 16.1. The molecule has 4 rings (SSSR count). The molecule has 0 spiro atoms. The molecule has 3 heterocycles. The minimum absolute atomic E-state index is 0.0779. The number of anilines is 1. The second-order valence-corrected chi connectivity index (χ2v) is 13.6. The molecular weight excluding hydrogens is 598 g/mol. The number of aliphatic hydroxyl groups excluding tert-OH is 1. The smallest absolute Gasteiger partial charge is 0.337 e. The van der Waals surface area contributed by atoms with Crippen molar-refractivity contribution in [3.63, 3.8) is 0 Å². The number of rotatable bonds is 14. The van der Waals surface area contributed by atoms with E-state index in [1.807, 2.05) is 6.07 Å². The third-order valence-electron chi connectivity index (χ3n) is 8.43. The summed E-state index contributed by atoms with van der Waals surface area (Å²) >= 11 is 0. The molecule has 1 unspecified atom stereocenters. The monoisotopic (exact) mass is 646 g/mol. The fourth-order valence-corrected chi connectivity index (χ4v) is 5.94. The lowest BCUT2D eigenvalue weighted by atomic mass is 9.92. The molecule has 3 N–H and O–H groups in total. The Bertz CT molecular complexity index is 1510. The summed E-state index contributed by atoms with van der Waals surface area (Å²) in [4.78, 5) is 19.5. The van der Waals surface area contributed by atoms with Gasteiger partial charge in [-0.05, 0) is 105 Å². The van der Waals surface area contributed by atoms with E-state index in [-0.39, 0.29) is 29.4 Å². The molecule has 1 aliphatic heterocycles. The third kappa shape index (κ3) is 8.71. The SMILES string of the molecule is Cc1nc2cc(CCCc3c(O)ccc(F)c3F)nn2c(N2CCC(C)(OCCCC[C@@H](C)O)CC2)c1C(OC(C)(C)C)C(=O)O. The first-order valence-electron chi connectivity index (χ1n) is 16.1. The van der Waals surface area contributed by atoms with Gasteiger partial charge in [-0.1, -0.05) is 0 Å². The predicted molar refractivity (Wildman–Crippen MR) is 170 cm³/mol. The fourth-order valence-electron chi connectivity index (χ4n) is 5.94. The molecule has 10 nitrogen and oxygen atoms in total. The number of aliphatic carboxylic acids is 1. The van der Waals surface area contributed by atoms with E-state index < -0.39 is 29.3 Å². The number of benzene rings is 1. The molecule has 0 radical (unpaired) electrons. The molecule has 1 aliphatic rings. The van der Waals surface area contributed by atoms with Crippen LogP contribution in [0.3, 0.4) is 0 Å². The summed E-state index contributed by atoms with van der Waals surface area (Å²) in [7, 11) is 0. The highest BCUT2D eigenvalue weighted by Gasteiger charge is 2.37. The summed E-state index contributed by atoms with van der Waals surface area (Å²) in [5, 5.41) is 34.7. The standard InChI is InChI=1S/C34H48F2N4O6/c1-21(41)10-7-8-19-45-34(6)15-17-39(18-16-34)31-28(30(32(43)44)46-33(3,4)5)22(2)37-27-20-23(38-40(27)31)11-9-12-24-26(42)14-13-25(35)29(24)36/h13-14,20-21,30,41-42H,7-12,15-19H2,1-6H3,(H,43,44)/t21-,30?/m1/s1. The number of aromatic nitrogens is 3. The van der Waals surface area contributed by atoms with E-state index >= 15 is 0 Å². The number of hydrogen-bond acceptors (Lipinski definition) is 8. The molecule has 0 aliphatic carbocycles. The molecule has 46 heavy (non-hydrogen) atoms. The van der Waals surface area contributed by atoms with Gasteiger partial charge in [0.15, 0.2) is 23.4 Å². The Morgan fingerprint density at radius 2 is 1.83 bits per heavy atom. The Morgan fingerprint density at radius 3 is 2.46 bits per heavy atom. The molecule has 12 heteroatoms. The molecular formula is C34H48F2N4O6. The molecule has 0 bridgehead atoms. The van der Waals surface area contributed by atoms with Gasteiger partial charge in [0.05, 0.1) is 28.6 Å². The molecule has 2 atom stereocenters. The van der Waals surface area contributed by atoms with Crippen LogP contribution >= 0.6 is 0 Å². The largest absolute Gasteiger partial charge is 0.508 e. The molecule has 254 valence electrons. The quantitative estimate of drug-likeness (QED) is 0.179. The van der Waals surface area contributed by atoms with E-state index in [0.29, 0.717) is 73.8 Å². The van der Waals surface area contributed by atoms with E-state index in [1.165, 1.54) is 0 Å². The van der Waals surface area contributed by atoms with Crippen molar-refractivity contribution < 1.29 is 38.4 Å². The Labute approximate surface area is 269 Å². The average molecular weight is 647 g/mol. The lowest BCUT2D eigenvalue weighted by Crippen LogP contribution is -2.46. The molecule has 1 saturated heterocycles. The number of unbranched alkanes of at least 4 members (excludes halogenated alkanes) is 1. The number of ether oxygens (including phenoxy) is 2. The number of phenols is 1. The fraction of sp³-hybridized carbons (Fsp3) is 0.618. The Kier molecular flexibility index (Phi) is 11.3. The highest BCUT2D eigenvalue weighted by Crippen LogP contribution is 2.38. The number of phenolic OH excluding ortho intramolecular Hbond substituents is 1. The van der Waals surface area contributed by atoms with Crippen molar-refractivity contribution in [2.75, 3.05) is 24.6 Å². The number of halogens is 2. The van der Waals surface area contributed by atoms with Gasteiger partial charge in [0.2, 0.25) is 0 Å². The predicted octanol–water partition coefficient (Wildman–Crippen LogP) is 6.06. The number of piperidine rings is 1. The van der Waals surface area contributed by atoms with Gasteiger partial charge in [-0.15, -0.1) is 0 Å². The number of carboxylic acids is 1. The normalized spacial score (nSPS) is 16.6.